The molecule has 34 heavy (non-hydrogen) atoms. The van der Waals surface area contributed by atoms with Crippen LogP contribution >= 0.6 is 11.3 Å². The van der Waals surface area contributed by atoms with Gasteiger partial charge in [-0.3, -0.25) is 5.41 Å². The fraction of sp³-hybridized carbons (Fsp3) is 0.148. The van der Waals surface area contributed by atoms with Crippen LogP contribution in [0.2, 0.25) is 0 Å². The van der Waals surface area contributed by atoms with Crippen molar-refractivity contribution in [3.05, 3.63) is 77.8 Å². The average Bonchev–Trinajstić information content (AvgIpc) is 3.27. The van der Waals surface area contributed by atoms with Crippen molar-refractivity contribution in [2.45, 2.75) is 13.8 Å². The Bertz CT molecular complexity index is 1570. The van der Waals surface area contributed by atoms with Gasteiger partial charge in [0.2, 0.25) is 5.55 Å². The van der Waals surface area contributed by atoms with Gasteiger partial charge < -0.3 is 14.4 Å². The highest BCUT2D eigenvalue weighted by molar-refractivity contribution is 7.21. The SMILES string of the molecule is CCN(CC)c1ccc2c(-c3ccccc3C(=O)O)c(-c3nc4ccccc4s3)c(=N)oc2c1. The summed E-state index contributed by atoms with van der Waals surface area (Å²) in [5.74, 6) is -1.02. The lowest BCUT2D eigenvalue weighted by molar-refractivity contribution is 0.0697. The van der Waals surface area contributed by atoms with Crippen LogP contribution < -0.4 is 10.5 Å². The second-order valence-corrected chi connectivity index (χ2v) is 8.90. The molecular weight excluding hydrogens is 446 g/mol. The second kappa shape index (κ2) is 8.76. The summed E-state index contributed by atoms with van der Waals surface area (Å²) in [6.45, 7) is 5.86. The lowest BCUT2D eigenvalue weighted by Gasteiger charge is -2.22. The summed E-state index contributed by atoms with van der Waals surface area (Å²) >= 11 is 1.46. The van der Waals surface area contributed by atoms with Gasteiger partial charge in [0.05, 0.1) is 21.3 Å². The van der Waals surface area contributed by atoms with Gasteiger partial charge in [0.15, 0.2) is 0 Å². The molecule has 0 aliphatic heterocycles. The largest absolute Gasteiger partial charge is 0.478 e. The number of nitrogens with one attached hydrogen (secondary N) is 1. The molecule has 5 aromatic rings. The van der Waals surface area contributed by atoms with Gasteiger partial charge in [0, 0.05) is 35.8 Å². The van der Waals surface area contributed by atoms with Crippen molar-refractivity contribution in [3.63, 3.8) is 0 Å². The fourth-order valence-corrected chi connectivity index (χ4v) is 5.36. The number of aromatic carboxylic acids is 1. The number of benzene rings is 3. The number of rotatable bonds is 6. The number of carbonyl (C=O) groups is 1. The van der Waals surface area contributed by atoms with E-state index >= 15 is 0 Å². The number of anilines is 1. The lowest BCUT2D eigenvalue weighted by atomic mass is 9.93. The van der Waals surface area contributed by atoms with Crippen LogP contribution in [0.5, 0.6) is 0 Å². The molecule has 0 unspecified atom stereocenters. The Kier molecular flexibility index (Phi) is 5.63. The number of hydrogen-bond donors (Lipinski definition) is 2. The Morgan fingerprint density at radius 1 is 1.03 bits per heavy atom. The molecule has 6 nitrogen and oxygen atoms in total. The normalized spacial score (nSPS) is 11.2. The van der Waals surface area contributed by atoms with E-state index in [-0.39, 0.29) is 11.1 Å². The van der Waals surface area contributed by atoms with Gasteiger partial charge in [-0.1, -0.05) is 30.3 Å². The van der Waals surface area contributed by atoms with Crippen LogP contribution in [0, 0.1) is 5.41 Å². The number of aromatic nitrogens is 1. The summed E-state index contributed by atoms with van der Waals surface area (Å²) in [6, 6.07) is 20.6. The summed E-state index contributed by atoms with van der Waals surface area (Å²) in [5, 5.41) is 20.1. The first-order chi connectivity index (χ1) is 16.5. The molecule has 2 heterocycles. The first kappa shape index (κ1) is 21.9. The van der Waals surface area contributed by atoms with Crippen LogP contribution in [-0.2, 0) is 0 Å². The molecule has 0 aliphatic carbocycles. The quantitative estimate of drug-likeness (QED) is 0.300. The van der Waals surface area contributed by atoms with Crippen molar-refractivity contribution >= 4 is 44.2 Å². The summed E-state index contributed by atoms with van der Waals surface area (Å²) < 4.78 is 7.04. The van der Waals surface area contributed by atoms with Crippen LogP contribution in [0.1, 0.15) is 24.2 Å². The van der Waals surface area contributed by atoms with Gasteiger partial charge in [-0.25, -0.2) is 9.78 Å². The smallest absolute Gasteiger partial charge is 0.336 e. The highest BCUT2D eigenvalue weighted by Gasteiger charge is 2.23. The minimum absolute atomic E-state index is 0.0431. The molecule has 5 rings (SSSR count). The fourth-order valence-electron chi connectivity index (χ4n) is 4.35. The van der Waals surface area contributed by atoms with E-state index in [4.69, 9.17) is 14.8 Å². The van der Waals surface area contributed by atoms with Crippen molar-refractivity contribution < 1.29 is 14.3 Å². The maximum absolute atomic E-state index is 12.1. The molecule has 2 aromatic heterocycles. The van der Waals surface area contributed by atoms with Crippen molar-refractivity contribution in [3.8, 4) is 21.7 Å². The third-order valence-corrected chi connectivity index (χ3v) is 7.04. The zero-order valence-electron chi connectivity index (χ0n) is 18.8. The van der Waals surface area contributed by atoms with E-state index in [1.54, 1.807) is 18.2 Å². The molecule has 0 spiro atoms. The Morgan fingerprint density at radius 3 is 2.50 bits per heavy atom. The van der Waals surface area contributed by atoms with Gasteiger partial charge in [0.1, 0.15) is 10.6 Å². The van der Waals surface area contributed by atoms with Crippen molar-refractivity contribution in [2.75, 3.05) is 18.0 Å². The topological polar surface area (TPSA) is 90.4 Å². The van der Waals surface area contributed by atoms with E-state index in [0.717, 1.165) is 34.4 Å². The molecule has 0 saturated heterocycles. The van der Waals surface area contributed by atoms with E-state index in [1.165, 1.54) is 11.3 Å². The van der Waals surface area contributed by atoms with Crippen molar-refractivity contribution in [1.82, 2.24) is 4.98 Å². The van der Waals surface area contributed by atoms with E-state index < -0.39 is 5.97 Å². The Balaban J connectivity index is 1.89. The molecule has 0 saturated carbocycles. The lowest BCUT2D eigenvalue weighted by Crippen LogP contribution is -2.21. The van der Waals surface area contributed by atoms with Crippen LogP contribution in [0.15, 0.2) is 71.1 Å². The van der Waals surface area contributed by atoms with Crippen LogP contribution in [-0.4, -0.2) is 29.1 Å². The summed E-state index contributed by atoms with van der Waals surface area (Å²) in [6.07, 6.45) is 0. The number of fused-ring (bicyclic) bond motifs is 2. The van der Waals surface area contributed by atoms with Crippen molar-refractivity contribution in [2.24, 2.45) is 0 Å². The third-order valence-electron chi connectivity index (χ3n) is 5.99. The Labute approximate surface area is 200 Å². The zero-order chi connectivity index (χ0) is 23.8. The van der Waals surface area contributed by atoms with Gasteiger partial charge in [-0.2, -0.15) is 0 Å². The molecule has 7 heteroatoms. The highest BCUT2D eigenvalue weighted by Crippen LogP contribution is 2.40. The maximum Gasteiger partial charge on any atom is 0.336 e. The molecule has 2 N–H and O–H groups in total. The number of thiazole rings is 1. The van der Waals surface area contributed by atoms with E-state index in [0.29, 0.717) is 27.3 Å². The number of carboxylic acids is 1. The molecule has 0 aliphatic rings. The predicted molar refractivity (Wildman–Crippen MR) is 137 cm³/mol. The first-order valence-corrected chi connectivity index (χ1v) is 11.9. The Hall–Kier alpha value is -3.97. The van der Waals surface area contributed by atoms with Gasteiger partial charge in [-0.15, -0.1) is 11.3 Å². The van der Waals surface area contributed by atoms with Gasteiger partial charge >= 0.3 is 5.97 Å². The van der Waals surface area contributed by atoms with Crippen LogP contribution in [0.4, 0.5) is 5.69 Å². The number of nitrogens with zero attached hydrogens (tertiary/aromatic N) is 2. The van der Waals surface area contributed by atoms with E-state index in [2.05, 4.69) is 18.7 Å². The van der Waals surface area contributed by atoms with Crippen LogP contribution in [0.25, 0.3) is 42.9 Å². The molecule has 3 aromatic carbocycles. The predicted octanol–water partition coefficient (Wildman–Crippen LogP) is 6.40. The first-order valence-electron chi connectivity index (χ1n) is 11.1. The minimum atomic E-state index is -1.02. The minimum Gasteiger partial charge on any atom is -0.478 e. The monoisotopic (exact) mass is 469 g/mol. The van der Waals surface area contributed by atoms with Gasteiger partial charge in [-0.05, 0) is 49.7 Å². The average molecular weight is 470 g/mol. The summed E-state index contributed by atoms with van der Waals surface area (Å²) in [4.78, 5) is 19.1. The number of hydrogen-bond acceptors (Lipinski definition) is 6. The van der Waals surface area contributed by atoms with E-state index in [1.807, 2.05) is 48.5 Å². The number of para-hydroxylation sites is 1. The van der Waals surface area contributed by atoms with Gasteiger partial charge in [0.25, 0.3) is 0 Å². The Morgan fingerprint density at radius 2 is 1.76 bits per heavy atom. The molecule has 0 radical (unpaired) electrons. The molecule has 0 fully saturated rings. The molecule has 0 amide bonds. The summed E-state index contributed by atoms with van der Waals surface area (Å²) in [7, 11) is 0. The second-order valence-electron chi connectivity index (χ2n) is 7.87. The standard InChI is InChI=1S/C27H23N3O3S/c1-3-30(4-2)16-13-14-19-21(15-16)33-25(28)24(26-29-20-11-7-8-12-22(20)34-26)23(19)17-9-5-6-10-18(17)27(31)32/h5-15,28H,3-4H2,1-2H3,(H,31,32). The van der Waals surface area contributed by atoms with Crippen LogP contribution in [0.3, 0.4) is 0 Å². The molecule has 0 atom stereocenters. The molecular formula is C27H23N3O3S. The summed E-state index contributed by atoms with van der Waals surface area (Å²) in [5.41, 5.74) is 4.17. The molecule has 170 valence electrons. The highest BCUT2D eigenvalue weighted by atomic mass is 32.1. The van der Waals surface area contributed by atoms with E-state index in [9.17, 15) is 9.90 Å². The number of carboxylic acid groups (broad SMARTS) is 1. The third kappa shape index (κ3) is 3.64. The van der Waals surface area contributed by atoms with Crippen molar-refractivity contribution in [1.29, 1.82) is 5.41 Å². The maximum atomic E-state index is 12.1. The zero-order valence-corrected chi connectivity index (χ0v) is 19.6. The molecule has 0 bridgehead atoms.